The first-order valence-electron chi connectivity index (χ1n) is 16.0. The van der Waals surface area contributed by atoms with Crippen molar-refractivity contribution in [2.45, 2.75) is 95.0 Å². The third-order valence-electron chi connectivity index (χ3n) is 10.4. The molecule has 7 rings (SSSR count). The first-order chi connectivity index (χ1) is 21.6. The highest BCUT2D eigenvalue weighted by atomic mass is 16.5. The van der Waals surface area contributed by atoms with Crippen molar-refractivity contribution in [2.24, 2.45) is 0 Å². The van der Waals surface area contributed by atoms with Crippen LogP contribution in [0, 0.1) is 11.3 Å². The fraction of sp³-hybridized carbons (Fsp3) is 0.559. The number of ether oxygens (including phenoxy) is 3. The molecule has 3 aromatic rings. The summed E-state index contributed by atoms with van der Waals surface area (Å²) >= 11 is 0. The molecule has 1 fully saturated rings. The summed E-state index contributed by atoms with van der Waals surface area (Å²) in [7, 11) is 3.80. The Balaban J connectivity index is 1.31. The Morgan fingerprint density at radius 1 is 1.18 bits per heavy atom. The van der Waals surface area contributed by atoms with Crippen LogP contribution in [0.25, 0.3) is 11.5 Å². The molecule has 236 valence electrons. The molecule has 2 aromatic heterocycles. The van der Waals surface area contributed by atoms with Crippen LogP contribution in [0.1, 0.15) is 80.9 Å². The van der Waals surface area contributed by atoms with E-state index in [9.17, 15) is 5.26 Å². The molecule has 2 aliphatic heterocycles. The van der Waals surface area contributed by atoms with Crippen molar-refractivity contribution in [1.82, 2.24) is 20.4 Å². The summed E-state index contributed by atoms with van der Waals surface area (Å²) < 4.78 is 27.1. The van der Waals surface area contributed by atoms with Crippen LogP contribution in [0.5, 0.6) is 11.8 Å². The van der Waals surface area contributed by atoms with Crippen molar-refractivity contribution in [2.75, 3.05) is 33.0 Å². The molecule has 45 heavy (non-hydrogen) atoms. The Bertz CT molecular complexity index is 1720. The van der Waals surface area contributed by atoms with Crippen molar-refractivity contribution in [3.05, 3.63) is 46.2 Å². The van der Waals surface area contributed by atoms with Gasteiger partial charge in [0.05, 0.1) is 22.6 Å². The van der Waals surface area contributed by atoms with E-state index in [2.05, 4.69) is 48.1 Å². The Labute approximate surface area is 263 Å². The van der Waals surface area contributed by atoms with E-state index in [4.69, 9.17) is 34.4 Å². The minimum Gasteiger partial charge on any atom is -0.471 e. The van der Waals surface area contributed by atoms with Crippen LogP contribution in [0.3, 0.4) is 0 Å². The number of methoxy groups -OCH3 is 1. The molecule has 4 atom stereocenters. The molecule has 11 nitrogen and oxygen atoms in total. The predicted octanol–water partition coefficient (Wildman–Crippen LogP) is 3.94. The van der Waals surface area contributed by atoms with Gasteiger partial charge in [0.1, 0.15) is 31.9 Å². The first kappa shape index (κ1) is 29.7. The van der Waals surface area contributed by atoms with Crippen LogP contribution < -0.4 is 20.5 Å². The summed E-state index contributed by atoms with van der Waals surface area (Å²) in [6, 6.07) is 8.08. The van der Waals surface area contributed by atoms with Crippen LogP contribution in [-0.4, -0.2) is 76.5 Å². The number of aromatic nitrogens is 3. The number of fused-ring (bicyclic) bond motifs is 4. The molecule has 3 N–H and O–H groups in total. The molecule has 1 spiro atoms. The summed E-state index contributed by atoms with van der Waals surface area (Å²) in [5, 5.41) is 18.2. The van der Waals surface area contributed by atoms with Gasteiger partial charge >= 0.3 is 0 Å². The summed E-state index contributed by atoms with van der Waals surface area (Å²) in [5.74, 6) is 2.03. The van der Waals surface area contributed by atoms with Crippen molar-refractivity contribution < 1.29 is 23.3 Å². The summed E-state index contributed by atoms with van der Waals surface area (Å²) in [4.78, 5) is 9.76. The quantitative estimate of drug-likeness (QED) is 0.297. The molecular formula is C34H42N7O4+. The van der Waals surface area contributed by atoms with E-state index in [-0.39, 0.29) is 23.9 Å². The molecule has 11 heteroatoms. The van der Waals surface area contributed by atoms with Gasteiger partial charge in [-0.05, 0) is 76.5 Å². The van der Waals surface area contributed by atoms with E-state index in [1.807, 2.05) is 13.0 Å². The fourth-order valence-corrected chi connectivity index (χ4v) is 7.94. The van der Waals surface area contributed by atoms with Crippen molar-refractivity contribution in [3.63, 3.8) is 0 Å². The number of nitrogens with zero attached hydrogens (tertiary/aromatic N) is 5. The maximum atomic E-state index is 10.2. The lowest BCUT2D eigenvalue weighted by Gasteiger charge is -2.44. The highest BCUT2D eigenvalue weighted by molar-refractivity contribution is 5.89. The predicted molar refractivity (Wildman–Crippen MR) is 168 cm³/mol. The Morgan fingerprint density at radius 3 is 2.67 bits per heavy atom. The molecule has 0 amide bonds. The van der Waals surface area contributed by atoms with Crippen LogP contribution in [0.2, 0.25) is 0 Å². The molecule has 0 saturated carbocycles. The summed E-state index contributed by atoms with van der Waals surface area (Å²) in [6.07, 6.45) is 5.91. The maximum absolute atomic E-state index is 10.2. The van der Waals surface area contributed by atoms with Gasteiger partial charge in [0, 0.05) is 31.3 Å². The molecule has 0 unspecified atom stereocenters. The minimum atomic E-state index is -0.463. The number of nitrogens with two attached hydrogens (primary N) is 1. The smallest absolute Gasteiger partial charge is 0.222 e. The Morgan fingerprint density at radius 2 is 1.96 bits per heavy atom. The second kappa shape index (κ2) is 11.1. The molecule has 4 aliphatic rings. The number of hydrogen-bond acceptors (Lipinski definition) is 10. The second-order valence-electron chi connectivity index (χ2n) is 13.5. The molecule has 1 aromatic carbocycles. The lowest BCUT2D eigenvalue weighted by molar-refractivity contribution is -0.491. The number of aryl methyl sites for hydroxylation is 1. The van der Waals surface area contributed by atoms with E-state index >= 15 is 0 Å². The highest BCUT2D eigenvalue weighted by Gasteiger charge is 2.48. The van der Waals surface area contributed by atoms with Crippen LogP contribution in [-0.2, 0) is 23.0 Å². The SMILES string of the molecule is CO[C@H]1CC[N+](C)=C1[C@H](C)Oc1cc(O[C@@H]2CNC2(C)C)nc(-c2noc3c2CCC[C@@]32CCCc3ccc(N)c(C#N)c32)n1. The van der Waals surface area contributed by atoms with Gasteiger partial charge in [-0.15, -0.1) is 0 Å². The topological polar surface area (TPSA) is 144 Å². The molecule has 2 aliphatic carbocycles. The second-order valence-corrected chi connectivity index (χ2v) is 13.5. The van der Waals surface area contributed by atoms with Crippen molar-refractivity contribution in [1.29, 1.82) is 5.26 Å². The Hall–Kier alpha value is -4.01. The first-order valence-corrected chi connectivity index (χ1v) is 16.0. The average Bonchev–Trinajstić information content (AvgIpc) is 3.64. The zero-order valence-corrected chi connectivity index (χ0v) is 26.8. The van der Waals surface area contributed by atoms with Gasteiger partial charge in [-0.1, -0.05) is 11.2 Å². The third kappa shape index (κ3) is 4.86. The lowest BCUT2D eigenvalue weighted by atomic mass is 9.61. The van der Waals surface area contributed by atoms with E-state index in [0.717, 1.165) is 86.2 Å². The number of nitriles is 1. The standard InChI is InChI=1S/C34H42N7O4/c1-19(30-24(42-5)12-15-41(30)4)43-26-16-27(44-25-18-37-33(25,2)3)39-32(38-26)29-21-9-7-14-34(31(21)45-40-29)13-6-8-20-10-11-23(36)22(17-35)28(20)34/h10-11,16,19,24-25,37H,6-9,12-15,18,36H2,1-5H3/q+1/t19-,24-,25+,34+/m0/s1. The number of hydrogen-bond donors (Lipinski definition) is 2. The monoisotopic (exact) mass is 612 g/mol. The maximum Gasteiger partial charge on any atom is 0.222 e. The van der Waals surface area contributed by atoms with E-state index in [1.54, 1.807) is 13.2 Å². The lowest BCUT2D eigenvalue weighted by Crippen LogP contribution is -2.67. The van der Waals surface area contributed by atoms with Crippen LogP contribution in [0.4, 0.5) is 5.69 Å². The average molecular weight is 613 g/mol. The van der Waals surface area contributed by atoms with Crippen molar-refractivity contribution >= 4 is 11.4 Å². The molecule has 0 bridgehead atoms. The van der Waals surface area contributed by atoms with Gasteiger partial charge < -0.3 is 29.8 Å². The number of nitrogens with one attached hydrogen (secondary N) is 1. The van der Waals surface area contributed by atoms with E-state index in [1.165, 1.54) is 0 Å². The number of benzene rings is 1. The highest BCUT2D eigenvalue weighted by Crippen LogP contribution is 2.53. The van der Waals surface area contributed by atoms with E-state index in [0.29, 0.717) is 34.5 Å². The zero-order chi connectivity index (χ0) is 31.5. The number of nitrogen functional groups attached to an aromatic ring is 1. The zero-order valence-electron chi connectivity index (χ0n) is 26.8. The minimum absolute atomic E-state index is 0.00617. The molecular weight excluding hydrogens is 570 g/mol. The van der Waals surface area contributed by atoms with Gasteiger partial charge in [0.2, 0.25) is 17.5 Å². The van der Waals surface area contributed by atoms with Gasteiger partial charge in [-0.2, -0.15) is 15.2 Å². The van der Waals surface area contributed by atoms with Crippen LogP contribution >= 0.6 is 0 Å². The largest absolute Gasteiger partial charge is 0.471 e. The number of anilines is 1. The van der Waals surface area contributed by atoms with Gasteiger partial charge in [-0.25, -0.2) is 4.58 Å². The Kier molecular flexibility index (Phi) is 7.33. The summed E-state index contributed by atoms with van der Waals surface area (Å²) in [6.45, 7) is 7.87. The van der Waals surface area contributed by atoms with Gasteiger partial charge in [0.25, 0.3) is 0 Å². The summed E-state index contributed by atoms with van der Waals surface area (Å²) in [5.41, 5.74) is 11.6. The molecule has 1 saturated heterocycles. The molecule has 4 heterocycles. The van der Waals surface area contributed by atoms with Crippen molar-refractivity contribution in [3.8, 4) is 29.3 Å². The van der Waals surface area contributed by atoms with Gasteiger partial charge in [0.15, 0.2) is 23.4 Å². The normalized spacial score (nSPS) is 25.7. The van der Waals surface area contributed by atoms with Crippen LogP contribution in [0.15, 0.2) is 22.7 Å². The third-order valence-corrected chi connectivity index (χ3v) is 10.4. The fourth-order valence-electron chi connectivity index (χ4n) is 7.94. The molecule has 0 radical (unpaired) electrons. The van der Waals surface area contributed by atoms with E-state index < -0.39 is 5.41 Å². The number of rotatable bonds is 7. The van der Waals surface area contributed by atoms with Gasteiger partial charge in [-0.3, -0.25) is 0 Å².